The molecular weight excluding hydrogens is 304 g/mol. The van der Waals surface area contributed by atoms with Crippen LogP contribution in [0.1, 0.15) is 40.0 Å². The first kappa shape index (κ1) is 19.5. The number of rotatable bonds is 7. The molecule has 2 aliphatic heterocycles. The zero-order valence-electron chi connectivity index (χ0n) is 15.8. The van der Waals surface area contributed by atoms with Crippen molar-refractivity contribution in [2.45, 2.75) is 52.2 Å². The summed E-state index contributed by atoms with van der Waals surface area (Å²) in [7, 11) is 0. The Kier molecular flexibility index (Phi) is 8.29. The van der Waals surface area contributed by atoms with Gasteiger partial charge in [0.15, 0.2) is 0 Å². The van der Waals surface area contributed by atoms with Crippen LogP contribution in [0.2, 0.25) is 0 Å². The van der Waals surface area contributed by atoms with Gasteiger partial charge in [-0.1, -0.05) is 13.8 Å². The Labute approximate surface area is 147 Å². The number of hydrogen-bond acceptors (Lipinski definition) is 4. The van der Waals surface area contributed by atoms with Gasteiger partial charge in [-0.15, -0.1) is 0 Å². The van der Waals surface area contributed by atoms with Crippen molar-refractivity contribution in [3.8, 4) is 0 Å². The normalized spacial score (nSPS) is 26.5. The van der Waals surface area contributed by atoms with Crippen molar-refractivity contribution in [1.82, 2.24) is 20.0 Å². The average molecular weight is 341 g/mol. The van der Waals surface area contributed by atoms with Crippen molar-refractivity contribution in [2.75, 3.05) is 58.9 Å². The number of nitrogens with one attached hydrogen (secondary N) is 1. The highest BCUT2D eigenvalue weighted by Gasteiger charge is 2.27. The molecule has 0 aromatic heterocycles. The first-order valence-electron chi connectivity index (χ1n) is 9.75. The zero-order chi connectivity index (χ0) is 17.4. The van der Waals surface area contributed by atoms with Crippen molar-refractivity contribution in [3.63, 3.8) is 0 Å². The van der Waals surface area contributed by atoms with Crippen LogP contribution >= 0.6 is 0 Å². The highest BCUT2D eigenvalue weighted by Crippen LogP contribution is 2.13. The quantitative estimate of drug-likeness (QED) is 0.716. The summed E-state index contributed by atoms with van der Waals surface area (Å²) in [6.45, 7) is 15.7. The molecule has 140 valence electrons. The summed E-state index contributed by atoms with van der Waals surface area (Å²) in [4.78, 5) is 19.2. The van der Waals surface area contributed by atoms with Gasteiger partial charge in [0, 0.05) is 45.8 Å². The van der Waals surface area contributed by atoms with Crippen LogP contribution in [-0.2, 0) is 4.74 Å². The lowest BCUT2D eigenvalue weighted by atomic mass is 10.2. The Morgan fingerprint density at radius 1 is 1.08 bits per heavy atom. The molecule has 2 fully saturated rings. The summed E-state index contributed by atoms with van der Waals surface area (Å²) in [5, 5.41) is 3.08. The molecule has 6 heteroatoms. The Morgan fingerprint density at radius 3 is 2.46 bits per heavy atom. The minimum atomic E-state index is 0.0696. The number of hydrogen-bond donors (Lipinski definition) is 1. The standard InChI is InChI=1S/C18H36N4O2/c1-4-17-15-22(14-16(3)24-17)18(23)19-8-6-7-9-21-12-10-20(5-2)11-13-21/h16-17H,4-15H2,1-3H3,(H,19,23)/t16-,17-/m1/s1. The molecule has 2 heterocycles. The smallest absolute Gasteiger partial charge is 0.317 e. The monoisotopic (exact) mass is 340 g/mol. The van der Waals surface area contributed by atoms with Crippen LogP contribution < -0.4 is 5.32 Å². The SMILES string of the molecule is CC[C@@H]1CN(C(=O)NCCCCN2CCN(CC)CC2)C[C@@H](C)O1. The van der Waals surface area contributed by atoms with Crippen molar-refractivity contribution >= 4 is 6.03 Å². The maximum absolute atomic E-state index is 12.3. The van der Waals surface area contributed by atoms with E-state index in [-0.39, 0.29) is 18.2 Å². The van der Waals surface area contributed by atoms with E-state index >= 15 is 0 Å². The summed E-state index contributed by atoms with van der Waals surface area (Å²) >= 11 is 0. The Bertz CT molecular complexity index is 372. The number of ether oxygens (including phenoxy) is 1. The molecule has 0 saturated carbocycles. The summed E-state index contributed by atoms with van der Waals surface area (Å²) < 4.78 is 5.81. The van der Waals surface area contributed by atoms with E-state index in [0.717, 1.165) is 32.4 Å². The molecule has 0 aromatic rings. The number of piperazine rings is 1. The van der Waals surface area contributed by atoms with Gasteiger partial charge in [-0.2, -0.15) is 0 Å². The topological polar surface area (TPSA) is 48.1 Å². The highest BCUT2D eigenvalue weighted by molar-refractivity contribution is 5.74. The number of likely N-dealkylation sites (N-methyl/N-ethyl adjacent to an activating group) is 1. The fourth-order valence-electron chi connectivity index (χ4n) is 3.53. The van der Waals surface area contributed by atoms with Crippen molar-refractivity contribution in [2.24, 2.45) is 0 Å². The van der Waals surface area contributed by atoms with Crippen molar-refractivity contribution < 1.29 is 9.53 Å². The van der Waals surface area contributed by atoms with Crippen molar-refractivity contribution in [3.05, 3.63) is 0 Å². The van der Waals surface area contributed by atoms with E-state index in [4.69, 9.17) is 4.74 Å². The molecule has 0 aliphatic carbocycles. The van der Waals surface area contributed by atoms with Gasteiger partial charge in [0.2, 0.25) is 0 Å². The maximum atomic E-state index is 12.3. The predicted octanol–water partition coefficient (Wildman–Crippen LogP) is 1.61. The van der Waals surface area contributed by atoms with Gasteiger partial charge in [-0.3, -0.25) is 0 Å². The number of nitrogens with zero attached hydrogens (tertiary/aromatic N) is 3. The molecule has 0 radical (unpaired) electrons. The Morgan fingerprint density at radius 2 is 1.79 bits per heavy atom. The number of amides is 2. The van der Waals surface area contributed by atoms with E-state index in [1.54, 1.807) is 0 Å². The number of morpholine rings is 1. The molecule has 2 amide bonds. The van der Waals surface area contributed by atoms with Gasteiger partial charge < -0.3 is 24.8 Å². The summed E-state index contributed by atoms with van der Waals surface area (Å²) in [5.74, 6) is 0. The van der Waals surface area contributed by atoms with E-state index < -0.39 is 0 Å². The van der Waals surface area contributed by atoms with E-state index in [2.05, 4.69) is 29.0 Å². The first-order valence-corrected chi connectivity index (χ1v) is 9.75. The molecule has 2 saturated heterocycles. The van der Waals surface area contributed by atoms with Gasteiger partial charge >= 0.3 is 6.03 Å². The number of carbonyl (C=O) groups excluding carboxylic acids is 1. The lowest BCUT2D eigenvalue weighted by molar-refractivity contribution is -0.0646. The highest BCUT2D eigenvalue weighted by atomic mass is 16.5. The zero-order valence-corrected chi connectivity index (χ0v) is 15.8. The molecule has 24 heavy (non-hydrogen) atoms. The van der Waals surface area contributed by atoms with Gasteiger partial charge in [0.25, 0.3) is 0 Å². The van der Waals surface area contributed by atoms with E-state index in [0.29, 0.717) is 13.1 Å². The number of urea groups is 1. The third-order valence-corrected chi connectivity index (χ3v) is 5.16. The third-order valence-electron chi connectivity index (χ3n) is 5.16. The second-order valence-electron chi connectivity index (χ2n) is 7.10. The Balaban J connectivity index is 1.55. The van der Waals surface area contributed by atoms with Crippen LogP contribution in [0.4, 0.5) is 4.79 Å². The van der Waals surface area contributed by atoms with Gasteiger partial charge in [0.1, 0.15) is 0 Å². The van der Waals surface area contributed by atoms with E-state index in [9.17, 15) is 4.79 Å². The van der Waals surface area contributed by atoms with Crippen LogP contribution in [0.5, 0.6) is 0 Å². The maximum Gasteiger partial charge on any atom is 0.317 e. The minimum Gasteiger partial charge on any atom is -0.372 e. The van der Waals surface area contributed by atoms with Gasteiger partial charge in [0.05, 0.1) is 12.2 Å². The molecule has 0 spiro atoms. The molecule has 2 atom stereocenters. The summed E-state index contributed by atoms with van der Waals surface area (Å²) in [6.07, 6.45) is 3.48. The van der Waals surface area contributed by atoms with Crippen LogP contribution in [0.25, 0.3) is 0 Å². The summed E-state index contributed by atoms with van der Waals surface area (Å²) in [5.41, 5.74) is 0. The second kappa shape index (κ2) is 10.2. The largest absolute Gasteiger partial charge is 0.372 e. The number of unbranched alkanes of at least 4 members (excludes halogenated alkanes) is 1. The predicted molar refractivity (Wildman–Crippen MR) is 97.4 cm³/mol. The van der Waals surface area contributed by atoms with E-state index in [1.807, 2.05) is 11.8 Å². The molecular formula is C18H36N4O2. The second-order valence-corrected chi connectivity index (χ2v) is 7.10. The minimum absolute atomic E-state index is 0.0696. The fraction of sp³-hybridized carbons (Fsp3) is 0.944. The Hall–Kier alpha value is -0.850. The van der Waals surface area contributed by atoms with E-state index in [1.165, 1.54) is 32.7 Å². The van der Waals surface area contributed by atoms with Crippen LogP contribution in [0.15, 0.2) is 0 Å². The molecule has 1 N–H and O–H groups in total. The van der Waals surface area contributed by atoms with Crippen LogP contribution in [0.3, 0.4) is 0 Å². The molecule has 0 bridgehead atoms. The van der Waals surface area contributed by atoms with Crippen molar-refractivity contribution in [1.29, 1.82) is 0 Å². The average Bonchev–Trinajstić information content (AvgIpc) is 2.61. The molecule has 0 aromatic carbocycles. The third kappa shape index (κ3) is 6.22. The number of carbonyl (C=O) groups is 1. The molecule has 2 aliphatic rings. The van der Waals surface area contributed by atoms with Gasteiger partial charge in [-0.25, -0.2) is 4.79 Å². The fourth-order valence-corrected chi connectivity index (χ4v) is 3.53. The van der Waals surface area contributed by atoms with Crippen LogP contribution in [0, 0.1) is 0 Å². The lowest BCUT2D eigenvalue weighted by Crippen LogP contribution is -2.52. The molecule has 2 rings (SSSR count). The molecule has 0 unspecified atom stereocenters. The first-order chi connectivity index (χ1) is 11.6. The van der Waals surface area contributed by atoms with Gasteiger partial charge in [-0.05, 0) is 39.3 Å². The molecule has 6 nitrogen and oxygen atoms in total. The van der Waals surface area contributed by atoms with Crippen LogP contribution in [-0.4, -0.2) is 91.8 Å². The summed E-state index contributed by atoms with van der Waals surface area (Å²) in [6, 6.07) is 0.0696. The lowest BCUT2D eigenvalue weighted by Gasteiger charge is -2.36.